The molecule has 0 bridgehead atoms. The summed E-state index contributed by atoms with van der Waals surface area (Å²) < 4.78 is 13.9. The van der Waals surface area contributed by atoms with Crippen LogP contribution >= 0.6 is 11.6 Å². The second kappa shape index (κ2) is 6.74. The van der Waals surface area contributed by atoms with Crippen LogP contribution in [0.1, 0.15) is 5.56 Å². The van der Waals surface area contributed by atoms with E-state index in [9.17, 15) is 19.1 Å². The van der Waals surface area contributed by atoms with E-state index in [0.717, 1.165) is 22.9 Å². The number of hydrogen-bond donors (Lipinski definition) is 2. The van der Waals surface area contributed by atoms with Crippen molar-refractivity contribution in [3.8, 4) is 11.6 Å². The van der Waals surface area contributed by atoms with E-state index in [1.54, 1.807) is 24.3 Å². The summed E-state index contributed by atoms with van der Waals surface area (Å²) in [7, 11) is 0. The summed E-state index contributed by atoms with van der Waals surface area (Å²) in [5.74, 6) is -1.11. The third kappa shape index (κ3) is 3.36. The molecule has 25 heavy (non-hydrogen) atoms. The zero-order valence-electron chi connectivity index (χ0n) is 12.6. The summed E-state index contributed by atoms with van der Waals surface area (Å²) in [5, 5.41) is 10.7. The monoisotopic (exact) mass is 359 g/mol. The number of aromatic nitrogens is 2. The number of nitrogens with one attached hydrogen (secondary N) is 1. The topological polar surface area (TPSA) is 87.5 Å². The van der Waals surface area contributed by atoms with Gasteiger partial charge in [-0.3, -0.25) is 14.8 Å². The van der Waals surface area contributed by atoms with Gasteiger partial charge in [-0.15, -0.1) is 0 Å². The molecule has 0 spiro atoms. The molecule has 0 radical (unpaired) electrons. The number of para-hydroxylation sites is 1. The first-order valence-electron chi connectivity index (χ1n) is 7.10. The molecule has 3 aromatic rings. The summed E-state index contributed by atoms with van der Waals surface area (Å²) >= 11 is 5.98. The summed E-state index contributed by atoms with van der Waals surface area (Å²) in [6.45, 7) is 0. The van der Waals surface area contributed by atoms with E-state index < -0.39 is 22.9 Å². The van der Waals surface area contributed by atoms with Crippen LogP contribution in [0, 0.1) is 5.82 Å². The van der Waals surface area contributed by atoms with Crippen molar-refractivity contribution in [3.05, 3.63) is 85.8 Å². The summed E-state index contributed by atoms with van der Waals surface area (Å²) in [5.41, 5.74) is -1.32. The molecule has 1 aromatic heterocycles. The first kappa shape index (κ1) is 16.7. The Morgan fingerprint density at radius 2 is 1.80 bits per heavy atom. The Morgan fingerprint density at radius 1 is 1.12 bits per heavy atom. The minimum Gasteiger partial charge on any atom is -0.493 e. The quantitative estimate of drug-likeness (QED) is 0.705. The molecule has 0 atom stereocenters. The highest BCUT2D eigenvalue weighted by molar-refractivity contribution is 6.33. The van der Waals surface area contributed by atoms with E-state index in [2.05, 4.69) is 9.98 Å². The lowest BCUT2D eigenvalue weighted by atomic mass is 10.2. The molecule has 6 nitrogen and oxygen atoms in total. The Morgan fingerprint density at radius 3 is 2.48 bits per heavy atom. The maximum absolute atomic E-state index is 13.1. The van der Waals surface area contributed by atoms with Crippen LogP contribution in [0.3, 0.4) is 0 Å². The molecule has 126 valence electrons. The molecule has 1 heterocycles. The minimum absolute atomic E-state index is 0.188. The third-order valence-corrected chi connectivity index (χ3v) is 3.71. The van der Waals surface area contributed by atoms with E-state index in [1.807, 2.05) is 0 Å². The highest BCUT2D eigenvalue weighted by Gasteiger charge is 2.14. The number of aromatic amines is 1. The van der Waals surface area contributed by atoms with Crippen molar-refractivity contribution in [2.24, 2.45) is 4.99 Å². The van der Waals surface area contributed by atoms with Gasteiger partial charge in [-0.25, -0.2) is 13.8 Å². The lowest BCUT2D eigenvalue weighted by molar-refractivity contribution is 0.430. The van der Waals surface area contributed by atoms with Crippen molar-refractivity contribution in [2.45, 2.75) is 0 Å². The highest BCUT2D eigenvalue weighted by atomic mass is 35.5. The molecule has 2 N–H and O–H groups in total. The molecule has 0 fully saturated rings. The Hall–Kier alpha value is -3.19. The van der Waals surface area contributed by atoms with Gasteiger partial charge in [0.25, 0.3) is 5.56 Å². The normalized spacial score (nSPS) is 11.1. The van der Waals surface area contributed by atoms with Gasteiger partial charge in [0.2, 0.25) is 5.88 Å². The van der Waals surface area contributed by atoms with Gasteiger partial charge < -0.3 is 5.11 Å². The summed E-state index contributed by atoms with van der Waals surface area (Å²) in [6.07, 6.45) is 1.11. The Kier molecular flexibility index (Phi) is 4.49. The molecule has 0 unspecified atom stereocenters. The molecule has 0 amide bonds. The van der Waals surface area contributed by atoms with Crippen LogP contribution in [0.5, 0.6) is 5.88 Å². The van der Waals surface area contributed by atoms with Crippen LogP contribution in [-0.2, 0) is 0 Å². The largest absolute Gasteiger partial charge is 0.493 e. The number of rotatable bonds is 3. The molecule has 8 heteroatoms. The lowest BCUT2D eigenvalue weighted by Crippen LogP contribution is -2.31. The van der Waals surface area contributed by atoms with Crippen molar-refractivity contribution < 1.29 is 9.50 Å². The average molecular weight is 360 g/mol. The number of H-pyrrole nitrogens is 1. The van der Waals surface area contributed by atoms with Gasteiger partial charge in [-0.2, -0.15) is 0 Å². The highest BCUT2D eigenvalue weighted by Crippen LogP contribution is 2.24. The Bertz CT molecular complexity index is 1070. The predicted molar refractivity (Wildman–Crippen MR) is 93.0 cm³/mol. The number of aliphatic imine (C=N–C) groups is 1. The van der Waals surface area contributed by atoms with E-state index >= 15 is 0 Å². The number of hydrogen-bond acceptors (Lipinski definition) is 4. The van der Waals surface area contributed by atoms with Gasteiger partial charge in [0.15, 0.2) is 0 Å². The van der Waals surface area contributed by atoms with Crippen LogP contribution in [0.2, 0.25) is 5.02 Å². The summed E-state index contributed by atoms with van der Waals surface area (Å²) in [4.78, 5) is 30.2. The Balaban J connectivity index is 2.14. The van der Waals surface area contributed by atoms with Crippen molar-refractivity contribution in [2.75, 3.05) is 0 Å². The fourth-order valence-corrected chi connectivity index (χ4v) is 2.36. The van der Waals surface area contributed by atoms with Gasteiger partial charge in [-0.1, -0.05) is 23.7 Å². The van der Waals surface area contributed by atoms with E-state index in [-0.39, 0.29) is 11.3 Å². The van der Waals surface area contributed by atoms with Crippen LogP contribution in [0.4, 0.5) is 10.1 Å². The van der Waals surface area contributed by atoms with Crippen LogP contribution < -0.4 is 11.2 Å². The molecule has 0 aliphatic carbocycles. The lowest BCUT2D eigenvalue weighted by Gasteiger charge is -2.09. The fourth-order valence-electron chi connectivity index (χ4n) is 2.18. The molecule has 2 aromatic carbocycles. The smallest absolute Gasteiger partial charge is 0.335 e. The molecule has 0 saturated heterocycles. The van der Waals surface area contributed by atoms with Gasteiger partial charge in [0, 0.05) is 6.21 Å². The van der Waals surface area contributed by atoms with Gasteiger partial charge >= 0.3 is 5.69 Å². The van der Waals surface area contributed by atoms with Crippen molar-refractivity contribution >= 4 is 23.5 Å². The SMILES string of the molecule is O=c1[nH]c(=O)n(-c2ccc(F)cc2)c(O)c1C=Nc1ccccc1Cl. The van der Waals surface area contributed by atoms with E-state index in [0.29, 0.717) is 10.7 Å². The number of aromatic hydroxyl groups is 1. The second-order valence-corrected chi connectivity index (χ2v) is 5.43. The van der Waals surface area contributed by atoms with Crippen LogP contribution in [0.15, 0.2) is 63.1 Å². The van der Waals surface area contributed by atoms with E-state index in [1.165, 1.54) is 12.1 Å². The number of nitrogens with zero attached hydrogens (tertiary/aromatic N) is 2. The zero-order valence-corrected chi connectivity index (χ0v) is 13.4. The zero-order chi connectivity index (χ0) is 18.0. The van der Waals surface area contributed by atoms with Gasteiger partial charge in [0.1, 0.15) is 11.4 Å². The van der Waals surface area contributed by atoms with Gasteiger partial charge in [-0.05, 0) is 36.4 Å². The maximum Gasteiger partial charge on any atom is 0.335 e. The first-order valence-corrected chi connectivity index (χ1v) is 7.48. The number of benzene rings is 2. The molecular weight excluding hydrogens is 349 g/mol. The van der Waals surface area contributed by atoms with Crippen molar-refractivity contribution in [1.82, 2.24) is 9.55 Å². The standard InChI is InChI=1S/C17H11ClFN3O3/c18-13-3-1-2-4-14(13)20-9-12-15(23)21-17(25)22(16(12)24)11-7-5-10(19)6-8-11/h1-9,24H,(H,21,23,25). The first-order chi connectivity index (χ1) is 12.0. The maximum atomic E-state index is 13.1. The third-order valence-electron chi connectivity index (χ3n) is 3.39. The molecule has 0 aliphatic heterocycles. The molecule has 0 aliphatic rings. The number of halogens is 2. The second-order valence-electron chi connectivity index (χ2n) is 5.02. The minimum atomic E-state index is -0.857. The van der Waals surface area contributed by atoms with Crippen LogP contribution in [-0.4, -0.2) is 20.9 Å². The average Bonchev–Trinajstić information content (AvgIpc) is 2.57. The predicted octanol–water partition coefficient (Wildman–Crippen LogP) is 2.77. The van der Waals surface area contributed by atoms with Crippen molar-refractivity contribution in [1.29, 1.82) is 0 Å². The fraction of sp³-hybridized carbons (Fsp3) is 0. The van der Waals surface area contributed by atoms with E-state index in [4.69, 9.17) is 11.6 Å². The van der Waals surface area contributed by atoms with Crippen molar-refractivity contribution in [3.63, 3.8) is 0 Å². The van der Waals surface area contributed by atoms with Crippen LogP contribution in [0.25, 0.3) is 5.69 Å². The van der Waals surface area contributed by atoms with Gasteiger partial charge in [0.05, 0.1) is 16.4 Å². The molecule has 0 saturated carbocycles. The molecule has 3 rings (SSSR count). The summed E-state index contributed by atoms with van der Waals surface area (Å²) in [6, 6.07) is 11.5. The molecular formula is C17H11ClFN3O3. The Labute approximate surface area is 145 Å².